The van der Waals surface area contributed by atoms with E-state index in [1.165, 1.54) is 5.56 Å². The Labute approximate surface area is 126 Å². The highest BCUT2D eigenvalue weighted by molar-refractivity contribution is 5.71. The fourth-order valence-corrected chi connectivity index (χ4v) is 3.50. The summed E-state index contributed by atoms with van der Waals surface area (Å²) in [6.07, 6.45) is 0.825. The SMILES string of the molecule is C[C@@H]1Nc2ccccc2[C@@H]2[C@H]1CCN2C(=O)OC(C)(C)C. The van der Waals surface area contributed by atoms with Crippen molar-refractivity contribution >= 4 is 11.8 Å². The maximum absolute atomic E-state index is 12.5. The van der Waals surface area contributed by atoms with E-state index in [2.05, 4.69) is 24.4 Å². The second-order valence-corrected chi connectivity index (χ2v) is 7.09. The van der Waals surface area contributed by atoms with Crippen molar-refractivity contribution in [3.63, 3.8) is 0 Å². The lowest BCUT2D eigenvalue weighted by molar-refractivity contribution is 0.0200. The van der Waals surface area contributed by atoms with Crippen LogP contribution in [0, 0.1) is 5.92 Å². The minimum Gasteiger partial charge on any atom is -0.444 e. The molecular formula is C17H24N2O2. The summed E-state index contributed by atoms with van der Waals surface area (Å²) < 4.78 is 5.59. The predicted molar refractivity (Wildman–Crippen MR) is 83.3 cm³/mol. The van der Waals surface area contributed by atoms with Crippen LogP contribution in [0.25, 0.3) is 0 Å². The van der Waals surface area contributed by atoms with Crippen molar-refractivity contribution in [1.82, 2.24) is 4.90 Å². The second kappa shape index (κ2) is 4.93. The smallest absolute Gasteiger partial charge is 0.410 e. The zero-order chi connectivity index (χ0) is 15.2. The van der Waals surface area contributed by atoms with Crippen LogP contribution >= 0.6 is 0 Å². The van der Waals surface area contributed by atoms with E-state index in [0.29, 0.717) is 12.0 Å². The van der Waals surface area contributed by atoms with Crippen molar-refractivity contribution in [1.29, 1.82) is 0 Å². The van der Waals surface area contributed by atoms with E-state index in [-0.39, 0.29) is 12.1 Å². The van der Waals surface area contributed by atoms with Crippen molar-refractivity contribution in [2.75, 3.05) is 11.9 Å². The Hall–Kier alpha value is -1.71. The Bertz CT molecular complexity index is 550. The first-order valence-corrected chi connectivity index (χ1v) is 7.72. The van der Waals surface area contributed by atoms with Gasteiger partial charge in [0.25, 0.3) is 0 Å². The third kappa shape index (κ3) is 2.59. The third-order valence-electron chi connectivity index (χ3n) is 4.38. The fraction of sp³-hybridized carbons (Fsp3) is 0.588. The van der Waals surface area contributed by atoms with Crippen LogP contribution in [-0.2, 0) is 4.74 Å². The van der Waals surface area contributed by atoms with Crippen LogP contribution in [0.15, 0.2) is 24.3 Å². The summed E-state index contributed by atoms with van der Waals surface area (Å²) in [6, 6.07) is 8.79. The molecule has 21 heavy (non-hydrogen) atoms. The number of para-hydroxylation sites is 1. The molecule has 114 valence electrons. The summed E-state index contributed by atoms with van der Waals surface area (Å²) in [5, 5.41) is 3.56. The minimum absolute atomic E-state index is 0.132. The normalized spacial score (nSPS) is 27.6. The zero-order valence-electron chi connectivity index (χ0n) is 13.2. The van der Waals surface area contributed by atoms with Crippen LogP contribution in [0.4, 0.5) is 10.5 Å². The number of fused-ring (bicyclic) bond motifs is 3. The van der Waals surface area contributed by atoms with Gasteiger partial charge in [-0.25, -0.2) is 4.79 Å². The molecule has 1 amide bonds. The second-order valence-electron chi connectivity index (χ2n) is 7.09. The number of rotatable bonds is 0. The Balaban J connectivity index is 1.91. The van der Waals surface area contributed by atoms with E-state index >= 15 is 0 Å². The summed E-state index contributed by atoms with van der Waals surface area (Å²) in [5.74, 6) is 0.451. The van der Waals surface area contributed by atoms with Gasteiger partial charge < -0.3 is 15.0 Å². The van der Waals surface area contributed by atoms with E-state index < -0.39 is 5.60 Å². The van der Waals surface area contributed by atoms with Gasteiger partial charge in [0.2, 0.25) is 0 Å². The molecule has 0 aromatic heterocycles. The number of nitrogens with one attached hydrogen (secondary N) is 1. The van der Waals surface area contributed by atoms with Gasteiger partial charge in [0, 0.05) is 24.2 Å². The van der Waals surface area contributed by atoms with E-state index in [9.17, 15) is 4.79 Å². The number of amides is 1. The molecule has 3 rings (SSSR count). The van der Waals surface area contributed by atoms with Crippen LogP contribution < -0.4 is 5.32 Å². The average Bonchev–Trinajstić information content (AvgIpc) is 2.82. The van der Waals surface area contributed by atoms with Crippen LogP contribution in [0.3, 0.4) is 0 Å². The lowest BCUT2D eigenvalue weighted by Crippen LogP contribution is -2.41. The number of carbonyl (C=O) groups is 1. The van der Waals surface area contributed by atoms with E-state index in [0.717, 1.165) is 18.7 Å². The molecule has 0 spiro atoms. The monoisotopic (exact) mass is 288 g/mol. The molecule has 0 radical (unpaired) electrons. The van der Waals surface area contributed by atoms with E-state index in [1.807, 2.05) is 37.8 Å². The Morgan fingerprint density at radius 2 is 2.05 bits per heavy atom. The standard InChI is InChI=1S/C17H24N2O2/c1-11-12-9-10-19(16(20)21-17(2,3)4)15(12)13-7-5-6-8-14(13)18-11/h5-8,11-12,15,18H,9-10H2,1-4H3/t11-,12-,15-/m0/s1. The largest absolute Gasteiger partial charge is 0.444 e. The fourth-order valence-electron chi connectivity index (χ4n) is 3.50. The average molecular weight is 288 g/mol. The number of likely N-dealkylation sites (tertiary alicyclic amines) is 1. The molecule has 0 bridgehead atoms. The van der Waals surface area contributed by atoms with Gasteiger partial charge in [0.05, 0.1) is 6.04 Å². The molecule has 4 heteroatoms. The van der Waals surface area contributed by atoms with Crippen molar-refractivity contribution in [2.24, 2.45) is 5.92 Å². The van der Waals surface area contributed by atoms with Gasteiger partial charge in [-0.2, -0.15) is 0 Å². The molecule has 2 aliphatic rings. The topological polar surface area (TPSA) is 41.6 Å². The highest BCUT2D eigenvalue weighted by Crippen LogP contribution is 2.46. The lowest BCUT2D eigenvalue weighted by atomic mass is 9.84. The molecule has 2 heterocycles. The number of ether oxygens (including phenoxy) is 1. The Morgan fingerprint density at radius 3 is 2.76 bits per heavy atom. The quantitative estimate of drug-likeness (QED) is 0.789. The lowest BCUT2D eigenvalue weighted by Gasteiger charge is -2.38. The van der Waals surface area contributed by atoms with Gasteiger partial charge in [0.1, 0.15) is 5.60 Å². The number of hydrogen-bond acceptors (Lipinski definition) is 3. The number of anilines is 1. The highest BCUT2D eigenvalue weighted by atomic mass is 16.6. The summed E-state index contributed by atoms with van der Waals surface area (Å²) in [5.41, 5.74) is 1.90. The Morgan fingerprint density at radius 1 is 1.33 bits per heavy atom. The molecule has 0 aliphatic carbocycles. The third-order valence-corrected chi connectivity index (χ3v) is 4.38. The molecule has 3 atom stereocenters. The zero-order valence-corrected chi connectivity index (χ0v) is 13.2. The van der Waals surface area contributed by atoms with Crippen LogP contribution in [-0.4, -0.2) is 29.2 Å². The molecule has 0 unspecified atom stereocenters. The van der Waals surface area contributed by atoms with Crippen LogP contribution in [0.5, 0.6) is 0 Å². The van der Waals surface area contributed by atoms with Gasteiger partial charge in [-0.05, 0) is 45.7 Å². The maximum Gasteiger partial charge on any atom is 0.410 e. The first-order valence-electron chi connectivity index (χ1n) is 7.72. The van der Waals surface area contributed by atoms with Gasteiger partial charge in [-0.1, -0.05) is 18.2 Å². The van der Waals surface area contributed by atoms with Crippen LogP contribution in [0.1, 0.15) is 45.7 Å². The number of benzene rings is 1. The van der Waals surface area contributed by atoms with Crippen molar-refractivity contribution in [2.45, 2.75) is 51.8 Å². The molecule has 1 aromatic rings. The van der Waals surface area contributed by atoms with Crippen molar-refractivity contribution in [3.05, 3.63) is 29.8 Å². The van der Waals surface area contributed by atoms with Crippen LogP contribution in [0.2, 0.25) is 0 Å². The van der Waals surface area contributed by atoms with Gasteiger partial charge in [-0.15, -0.1) is 0 Å². The number of carbonyl (C=O) groups excluding carboxylic acids is 1. The molecular weight excluding hydrogens is 264 g/mol. The first kappa shape index (κ1) is 14.2. The molecule has 0 saturated carbocycles. The molecule has 1 fully saturated rings. The number of nitrogens with zero attached hydrogens (tertiary/aromatic N) is 1. The first-order chi connectivity index (χ1) is 9.87. The van der Waals surface area contributed by atoms with Crippen molar-refractivity contribution < 1.29 is 9.53 Å². The van der Waals surface area contributed by atoms with Gasteiger partial charge >= 0.3 is 6.09 Å². The summed E-state index contributed by atoms with van der Waals surface area (Å²) >= 11 is 0. The van der Waals surface area contributed by atoms with E-state index in [1.54, 1.807) is 0 Å². The Kier molecular flexibility index (Phi) is 3.34. The molecule has 2 aliphatic heterocycles. The maximum atomic E-state index is 12.5. The summed E-state index contributed by atoms with van der Waals surface area (Å²) in [6.45, 7) is 8.71. The summed E-state index contributed by atoms with van der Waals surface area (Å²) in [4.78, 5) is 14.4. The molecule has 1 saturated heterocycles. The molecule has 4 nitrogen and oxygen atoms in total. The van der Waals surface area contributed by atoms with Gasteiger partial charge in [-0.3, -0.25) is 0 Å². The highest BCUT2D eigenvalue weighted by Gasteiger charge is 2.45. The van der Waals surface area contributed by atoms with Crippen molar-refractivity contribution in [3.8, 4) is 0 Å². The molecule has 1 aromatic carbocycles. The van der Waals surface area contributed by atoms with Gasteiger partial charge in [0.15, 0.2) is 0 Å². The molecule has 1 N–H and O–H groups in total. The summed E-state index contributed by atoms with van der Waals surface area (Å²) in [7, 11) is 0. The van der Waals surface area contributed by atoms with E-state index in [4.69, 9.17) is 4.74 Å². The number of hydrogen-bond donors (Lipinski definition) is 1. The predicted octanol–water partition coefficient (Wildman–Crippen LogP) is 3.80. The minimum atomic E-state index is -0.451.